The molecule has 1 fully saturated rings. The molecule has 0 radical (unpaired) electrons. The lowest BCUT2D eigenvalue weighted by molar-refractivity contribution is -0.544. The van der Waals surface area contributed by atoms with Crippen molar-refractivity contribution in [1.82, 2.24) is 10.5 Å². The van der Waals surface area contributed by atoms with E-state index in [1.165, 1.54) is 31.0 Å². The molecule has 3 aromatic carbocycles. The molecule has 33 heavy (non-hydrogen) atoms. The fourth-order valence-corrected chi connectivity index (χ4v) is 4.32. The zero-order chi connectivity index (χ0) is 23.6. The normalized spacial score (nSPS) is 17.4. The quantitative estimate of drug-likeness (QED) is 0.287. The molecular weight excluding hydrogens is 451 g/mol. The van der Waals surface area contributed by atoms with Gasteiger partial charge in [0.2, 0.25) is 18.2 Å². The summed E-state index contributed by atoms with van der Waals surface area (Å²) < 4.78 is 46.5. The van der Waals surface area contributed by atoms with Gasteiger partial charge in [-0.05, 0) is 59.0 Å². The van der Waals surface area contributed by atoms with Crippen LogP contribution in [0.1, 0.15) is 39.3 Å². The fraction of sp³-hybridized carbons (Fsp3) is 0.167. The van der Waals surface area contributed by atoms with Crippen molar-refractivity contribution >= 4 is 23.9 Å². The van der Waals surface area contributed by atoms with E-state index in [2.05, 4.69) is 5.43 Å². The highest BCUT2D eigenvalue weighted by Gasteiger charge is 2.34. The Kier molecular flexibility index (Phi) is 6.44. The van der Waals surface area contributed by atoms with Crippen LogP contribution in [0.4, 0.5) is 13.2 Å². The van der Waals surface area contributed by atoms with Crippen molar-refractivity contribution in [2.45, 2.75) is 18.5 Å². The van der Waals surface area contributed by atoms with Crippen LogP contribution in [-0.2, 0) is 6.18 Å². The Bertz CT molecular complexity index is 1210. The zero-order valence-electron chi connectivity index (χ0n) is 17.8. The SMILES string of the molecule is CC(=O)c1cccc(C=[N+]2SC(c3cccc(Oc4cccc(C(F)(F)F)c4)c3)NN2C)c1. The number of nitrogens with zero attached hydrogens (tertiary/aromatic N) is 2. The summed E-state index contributed by atoms with van der Waals surface area (Å²) in [6, 6.07) is 19.4. The Morgan fingerprint density at radius 1 is 1.06 bits per heavy atom. The van der Waals surface area contributed by atoms with Gasteiger partial charge in [-0.25, -0.2) is 0 Å². The van der Waals surface area contributed by atoms with Crippen LogP contribution in [-0.4, -0.2) is 28.3 Å². The van der Waals surface area contributed by atoms with Crippen LogP contribution in [0, 0.1) is 0 Å². The van der Waals surface area contributed by atoms with Gasteiger partial charge in [0.15, 0.2) is 11.2 Å². The number of halogens is 3. The molecule has 1 saturated heterocycles. The molecule has 0 saturated carbocycles. The van der Waals surface area contributed by atoms with E-state index < -0.39 is 11.7 Å². The lowest BCUT2D eigenvalue weighted by atomic mass is 10.1. The van der Waals surface area contributed by atoms with Crippen molar-refractivity contribution in [3.8, 4) is 11.5 Å². The molecule has 0 aliphatic carbocycles. The lowest BCUT2D eigenvalue weighted by Gasteiger charge is -2.11. The van der Waals surface area contributed by atoms with Crippen molar-refractivity contribution in [3.63, 3.8) is 0 Å². The molecule has 1 heterocycles. The Balaban J connectivity index is 1.51. The zero-order valence-corrected chi connectivity index (χ0v) is 18.7. The number of Topliss-reactive ketones (excluding diaryl/α,β-unsaturated/α-hetero) is 1. The van der Waals surface area contributed by atoms with Gasteiger partial charge < -0.3 is 4.74 Å². The molecule has 0 bridgehead atoms. The van der Waals surface area contributed by atoms with Gasteiger partial charge in [-0.3, -0.25) is 4.79 Å². The molecular formula is C24H21F3N3O2S+. The van der Waals surface area contributed by atoms with Crippen LogP contribution in [0.25, 0.3) is 0 Å². The first-order valence-corrected chi connectivity index (χ1v) is 10.9. The van der Waals surface area contributed by atoms with Gasteiger partial charge in [0.05, 0.1) is 12.6 Å². The van der Waals surface area contributed by atoms with Crippen LogP contribution in [0.3, 0.4) is 0 Å². The maximum Gasteiger partial charge on any atom is 0.416 e. The summed E-state index contributed by atoms with van der Waals surface area (Å²) in [7, 11) is 1.86. The third-order valence-corrected chi connectivity index (χ3v) is 6.08. The Morgan fingerprint density at radius 3 is 2.48 bits per heavy atom. The number of hydrogen-bond donors (Lipinski definition) is 1. The minimum absolute atomic E-state index is 0.00117. The summed E-state index contributed by atoms with van der Waals surface area (Å²) in [5, 5.41) is 1.67. The molecule has 170 valence electrons. The summed E-state index contributed by atoms with van der Waals surface area (Å²) in [6.07, 6.45) is -2.52. The van der Waals surface area contributed by atoms with E-state index in [1.54, 1.807) is 24.3 Å². The van der Waals surface area contributed by atoms with Crippen molar-refractivity contribution in [2.24, 2.45) is 0 Å². The molecule has 1 atom stereocenters. The van der Waals surface area contributed by atoms with E-state index >= 15 is 0 Å². The minimum Gasteiger partial charge on any atom is -0.457 e. The van der Waals surface area contributed by atoms with E-state index in [0.29, 0.717) is 11.3 Å². The number of hydrazone groups is 1. The number of benzene rings is 3. The molecule has 9 heteroatoms. The molecule has 1 unspecified atom stereocenters. The Labute approximate surface area is 193 Å². The molecule has 1 aliphatic rings. The van der Waals surface area contributed by atoms with Gasteiger partial charge in [0.1, 0.15) is 11.5 Å². The van der Waals surface area contributed by atoms with E-state index in [4.69, 9.17) is 4.74 Å². The number of alkyl halides is 3. The van der Waals surface area contributed by atoms with E-state index in [-0.39, 0.29) is 16.9 Å². The highest BCUT2D eigenvalue weighted by atomic mass is 32.2. The first-order valence-electron chi connectivity index (χ1n) is 10.1. The molecule has 0 aromatic heterocycles. The number of ketones is 1. The van der Waals surface area contributed by atoms with Crippen molar-refractivity contribution < 1.29 is 26.8 Å². The Morgan fingerprint density at radius 2 is 1.76 bits per heavy atom. The van der Waals surface area contributed by atoms with Crippen molar-refractivity contribution in [3.05, 3.63) is 95.1 Å². The average Bonchev–Trinajstić information content (AvgIpc) is 3.14. The van der Waals surface area contributed by atoms with Gasteiger partial charge in [-0.1, -0.05) is 30.3 Å². The first kappa shape index (κ1) is 22.9. The van der Waals surface area contributed by atoms with Crippen molar-refractivity contribution in [2.75, 3.05) is 7.05 Å². The van der Waals surface area contributed by atoms with Crippen LogP contribution < -0.4 is 10.2 Å². The highest BCUT2D eigenvalue weighted by molar-refractivity contribution is 7.93. The predicted octanol–water partition coefficient (Wildman–Crippen LogP) is 5.84. The lowest BCUT2D eigenvalue weighted by Crippen LogP contribution is -2.32. The molecule has 0 spiro atoms. The summed E-state index contributed by atoms with van der Waals surface area (Å²) in [4.78, 5) is 11.6. The number of ether oxygens (including phenoxy) is 1. The summed E-state index contributed by atoms with van der Waals surface area (Å²) >= 11 is 1.51. The Hall–Kier alpha value is -3.30. The molecule has 1 N–H and O–H groups in total. The van der Waals surface area contributed by atoms with Crippen LogP contribution in [0.5, 0.6) is 11.5 Å². The number of carbonyl (C=O) groups excluding carboxylic acids is 1. The third kappa shape index (κ3) is 5.55. The summed E-state index contributed by atoms with van der Waals surface area (Å²) in [5.74, 6) is 0.557. The molecule has 0 amide bonds. The van der Waals surface area contributed by atoms with Gasteiger partial charge in [0.25, 0.3) is 0 Å². The van der Waals surface area contributed by atoms with Crippen LogP contribution >= 0.6 is 11.9 Å². The van der Waals surface area contributed by atoms with E-state index in [0.717, 1.165) is 23.3 Å². The van der Waals surface area contributed by atoms with Crippen LogP contribution in [0.2, 0.25) is 0 Å². The second-order valence-electron chi connectivity index (χ2n) is 7.45. The molecule has 5 nitrogen and oxygen atoms in total. The number of rotatable bonds is 5. The van der Waals surface area contributed by atoms with Gasteiger partial charge >= 0.3 is 6.18 Å². The maximum absolute atomic E-state index is 13.0. The van der Waals surface area contributed by atoms with Gasteiger partial charge in [-0.15, -0.1) is 5.12 Å². The number of carbonyl (C=O) groups is 1. The summed E-state index contributed by atoms with van der Waals surface area (Å²) in [6.45, 7) is 1.53. The molecule has 3 aromatic rings. The largest absolute Gasteiger partial charge is 0.457 e. The standard InChI is InChI=1S/C24H21F3N3O2S/c1-16(31)18-7-3-6-17(12-18)15-30-29(2)28-23(33-30)19-8-4-10-21(13-19)32-22-11-5-9-20(14-22)24(25,26)27/h3-15,23,28H,1-2H3/q+1. The molecule has 4 rings (SSSR count). The smallest absolute Gasteiger partial charge is 0.416 e. The fourth-order valence-electron chi connectivity index (χ4n) is 3.26. The number of hydrogen-bond acceptors (Lipinski definition) is 5. The second kappa shape index (κ2) is 9.29. The van der Waals surface area contributed by atoms with E-state index in [1.807, 2.05) is 46.7 Å². The van der Waals surface area contributed by atoms with Crippen molar-refractivity contribution in [1.29, 1.82) is 0 Å². The maximum atomic E-state index is 13.0. The van der Waals surface area contributed by atoms with Gasteiger partial charge in [0, 0.05) is 11.1 Å². The third-order valence-electron chi connectivity index (χ3n) is 4.92. The monoisotopic (exact) mass is 472 g/mol. The second-order valence-corrected chi connectivity index (χ2v) is 8.51. The number of hydrazine groups is 2. The van der Waals surface area contributed by atoms with Gasteiger partial charge in [-0.2, -0.15) is 18.6 Å². The predicted molar refractivity (Wildman–Crippen MR) is 121 cm³/mol. The minimum atomic E-state index is -4.43. The highest BCUT2D eigenvalue weighted by Crippen LogP contribution is 2.36. The average molecular weight is 473 g/mol. The van der Waals surface area contributed by atoms with Crippen LogP contribution in [0.15, 0.2) is 72.8 Å². The molecule has 1 aliphatic heterocycles. The van der Waals surface area contributed by atoms with E-state index in [9.17, 15) is 18.0 Å². The summed E-state index contributed by atoms with van der Waals surface area (Å²) in [5.41, 5.74) is 4.97. The first-order chi connectivity index (χ1) is 15.7. The topological polar surface area (TPSA) is 44.6 Å². The number of nitrogens with one attached hydrogen (secondary N) is 1.